The number of ether oxygens (including phenoxy) is 1. The fraction of sp³-hybridized carbons (Fsp3) is 0.385. The summed E-state index contributed by atoms with van der Waals surface area (Å²) in [6, 6.07) is 7.28. The van der Waals surface area contributed by atoms with Crippen LogP contribution >= 0.6 is 0 Å². The van der Waals surface area contributed by atoms with Crippen molar-refractivity contribution in [2.45, 2.75) is 6.10 Å². The molecule has 2 aliphatic rings. The van der Waals surface area contributed by atoms with Gasteiger partial charge < -0.3 is 15.4 Å². The first-order valence-corrected chi connectivity index (χ1v) is 6.28. The molecule has 0 aliphatic carbocycles. The molecule has 1 atom stereocenters. The van der Waals surface area contributed by atoms with Crippen molar-refractivity contribution in [3.63, 3.8) is 0 Å². The number of hydrogen-bond donors (Lipinski definition) is 2. The van der Waals surface area contributed by atoms with E-state index in [1.807, 2.05) is 18.2 Å². The summed E-state index contributed by atoms with van der Waals surface area (Å²) in [5.74, 6) is -0.356. The van der Waals surface area contributed by atoms with Gasteiger partial charge in [0.25, 0.3) is 5.91 Å². The summed E-state index contributed by atoms with van der Waals surface area (Å²) in [6.07, 6.45) is -0.521. The maximum Gasteiger partial charge on any atom is 0.257 e. The lowest BCUT2D eigenvalue weighted by molar-refractivity contribution is -0.132. The first-order chi connectivity index (χ1) is 9.25. The van der Waals surface area contributed by atoms with E-state index < -0.39 is 6.10 Å². The summed E-state index contributed by atoms with van der Waals surface area (Å²) in [7, 11) is 0. The number of fused-ring (bicyclic) bond motifs is 1. The van der Waals surface area contributed by atoms with Crippen LogP contribution in [0.3, 0.4) is 0 Å². The highest BCUT2D eigenvalue weighted by Gasteiger charge is 2.32. The molecular weight excluding hydrogens is 246 g/mol. The zero-order valence-corrected chi connectivity index (χ0v) is 10.4. The van der Waals surface area contributed by atoms with Gasteiger partial charge in [0.15, 0.2) is 0 Å². The molecule has 1 fully saturated rings. The van der Waals surface area contributed by atoms with E-state index in [2.05, 4.69) is 10.6 Å². The third kappa shape index (κ3) is 2.32. The number of carbonyl (C=O) groups is 2. The van der Waals surface area contributed by atoms with Crippen LogP contribution in [0.15, 0.2) is 24.3 Å². The second-order valence-electron chi connectivity index (χ2n) is 4.55. The molecule has 0 aromatic heterocycles. The van der Waals surface area contributed by atoms with Gasteiger partial charge in [-0.2, -0.15) is 0 Å². The van der Waals surface area contributed by atoms with Gasteiger partial charge in [0.05, 0.1) is 18.0 Å². The van der Waals surface area contributed by atoms with Gasteiger partial charge >= 0.3 is 0 Å². The first kappa shape index (κ1) is 12.1. The summed E-state index contributed by atoms with van der Waals surface area (Å²) in [5, 5.41) is 5.88. The minimum absolute atomic E-state index is 0.0374. The van der Waals surface area contributed by atoms with Crippen molar-refractivity contribution in [3.8, 4) is 0 Å². The molecule has 1 aromatic carbocycles. The van der Waals surface area contributed by atoms with Crippen molar-refractivity contribution in [2.24, 2.45) is 0 Å². The number of para-hydroxylation sites is 2. The highest BCUT2D eigenvalue weighted by molar-refractivity contribution is 6.11. The van der Waals surface area contributed by atoms with Crippen molar-refractivity contribution in [1.29, 1.82) is 0 Å². The monoisotopic (exact) mass is 261 g/mol. The van der Waals surface area contributed by atoms with Crippen molar-refractivity contribution in [3.05, 3.63) is 24.3 Å². The SMILES string of the molecule is O=C1CN(C(=O)C2CNCCO2)c2ccccc2N1. The molecule has 1 unspecified atom stereocenters. The molecule has 1 aromatic rings. The smallest absolute Gasteiger partial charge is 0.257 e. The minimum atomic E-state index is -0.521. The Balaban J connectivity index is 1.87. The van der Waals surface area contributed by atoms with Crippen molar-refractivity contribution in [1.82, 2.24) is 5.32 Å². The number of rotatable bonds is 1. The molecule has 6 heteroatoms. The van der Waals surface area contributed by atoms with Crippen LogP contribution in [0.1, 0.15) is 0 Å². The normalized spacial score (nSPS) is 22.6. The van der Waals surface area contributed by atoms with Crippen molar-refractivity contribution >= 4 is 23.2 Å². The largest absolute Gasteiger partial charge is 0.366 e. The molecule has 1 saturated heterocycles. The molecule has 0 saturated carbocycles. The zero-order chi connectivity index (χ0) is 13.2. The van der Waals surface area contributed by atoms with Gasteiger partial charge in [-0.05, 0) is 12.1 Å². The Bertz CT molecular complexity index is 512. The van der Waals surface area contributed by atoms with Crippen LogP contribution < -0.4 is 15.5 Å². The third-order valence-corrected chi connectivity index (χ3v) is 3.24. The third-order valence-electron chi connectivity index (χ3n) is 3.24. The minimum Gasteiger partial charge on any atom is -0.366 e. The molecule has 2 heterocycles. The van der Waals surface area contributed by atoms with Crippen molar-refractivity contribution in [2.75, 3.05) is 36.5 Å². The number of amides is 2. The maximum absolute atomic E-state index is 12.4. The molecule has 2 amide bonds. The summed E-state index contributed by atoms with van der Waals surface area (Å²) in [4.78, 5) is 25.6. The van der Waals surface area contributed by atoms with Crippen LogP contribution in [-0.2, 0) is 14.3 Å². The number of nitrogens with one attached hydrogen (secondary N) is 2. The van der Waals surface area contributed by atoms with Crippen LogP contribution in [0.25, 0.3) is 0 Å². The van der Waals surface area contributed by atoms with Crippen LogP contribution in [-0.4, -0.2) is 44.2 Å². The Morgan fingerprint density at radius 1 is 1.37 bits per heavy atom. The Hall–Kier alpha value is -1.92. The quantitative estimate of drug-likeness (QED) is 0.744. The molecule has 0 spiro atoms. The van der Waals surface area contributed by atoms with E-state index in [4.69, 9.17) is 4.74 Å². The fourth-order valence-corrected chi connectivity index (χ4v) is 2.33. The molecular formula is C13H15N3O3. The average Bonchev–Trinajstić information content (AvgIpc) is 2.46. The van der Waals surface area contributed by atoms with Gasteiger partial charge in [-0.1, -0.05) is 12.1 Å². The Morgan fingerprint density at radius 3 is 3.00 bits per heavy atom. The van der Waals surface area contributed by atoms with E-state index in [0.717, 1.165) is 12.2 Å². The number of carbonyl (C=O) groups excluding carboxylic acids is 2. The first-order valence-electron chi connectivity index (χ1n) is 6.28. The van der Waals surface area contributed by atoms with Gasteiger partial charge in [-0.25, -0.2) is 0 Å². The fourth-order valence-electron chi connectivity index (χ4n) is 2.33. The van der Waals surface area contributed by atoms with E-state index in [9.17, 15) is 9.59 Å². The van der Waals surface area contributed by atoms with Crippen molar-refractivity contribution < 1.29 is 14.3 Å². The molecule has 0 radical (unpaired) electrons. The van der Waals surface area contributed by atoms with Crippen LogP contribution in [0, 0.1) is 0 Å². The summed E-state index contributed by atoms with van der Waals surface area (Å²) in [5.41, 5.74) is 1.39. The number of benzene rings is 1. The Morgan fingerprint density at radius 2 is 2.21 bits per heavy atom. The molecule has 6 nitrogen and oxygen atoms in total. The zero-order valence-electron chi connectivity index (χ0n) is 10.4. The van der Waals surface area contributed by atoms with Crippen LogP contribution in [0.5, 0.6) is 0 Å². The standard InChI is InChI=1S/C13H15N3O3/c17-12-8-16(10-4-2-1-3-9(10)15-12)13(18)11-7-14-5-6-19-11/h1-4,11,14H,5-8H2,(H,15,17). The number of hydrogen-bond acceptors (Lipinski definition) is 4. The van der Waals surface area contributed by atoms with E-state index in [1.165, 1.54) is 4.90 Å². The lowest BCUT2D eigenvalue weighted by atomic mass is 10.1. The predicted octanol–water partition coefficient (Wildman–Crippen LogP) is -0.0399. The van der Waals surface area contributed by atoms with Gasteiger partial charge in [-0.15, -0.1) is 0 Å². The average molecular weight is 261 g/mol. The lowest BCUT2D eigenvalue weighted by Gasteiger charge is -2.33. The van der Waals surface area contributed by atoms with Gasteiger partial charge in [0.2, 0.25) is 5.91 Å². The number of morpholine rings is 1. The summed E-state index contributed by atoms with van der Waals surface area (Å²) < 4.78 is 5.46. The lowest BCUT2D eigenvalue weighted by Crippen LogP contribution is -2.52. The molecule has 3 rings (SSSR count). The highest BCUT2D eigenvalue weighted by Crippen LogP contribution is 2.29. The molecule has 2 N–H and O–H groups in total. The van der Waals surface area contributed by atoms with Crippen LogP contribution in [0.2, 0.25) is 0 Å². The topological polar surface area (TPSA) is 70.7 Å². The molecule has 19 heavy (non-hydrogen) atoms. The second kappa shape index (κ2) is 4.99. The van der Waals surface area contributed by atoms with Gasteiger partial charge in [0.1, 0.15) is 12.6 Å². The van der Waals surface area contributed by atoms with Gasteiger partial charge in [-0.3, -0.25) is 14.5 Å². The Kier molecular flexibility index (Phi) is 3.18. The van der Waals surface area contributed by atoms with E-state index >= 15 is 0 Å². The molecule has 0 bridgehead atoms. The maximum atomic E-state index is 12.4. The summed E-state index contributed by atoms with van der Waals surface area (Å²) in [6.45, 7) is 1.79. The van der Waals surface area contributed by atoms with Gasteiger partial charge in [0, 0.05) is 13.1 Å². The predicted molar refractivity (Wildman–Crippen MR) is 70.0 cm³/mol. The van der Waals surface area contributed by atoms with Crippen LogP contribution in [0.4, 0.5) is 11.4 Å². The summed E-state index contributed by atoms with van der Waals surface area (Å²) >= 11 is 0. The second-order valence-corrected chi connectivity index (χ2v) is 4.55. The number of nitrogens with zero attached hydrogens (tertiary/aromatic N) is 1. The molecule has 2 aliphatic heterocycles. The Labute approximate surface area is 110 Å². The van der Waals surface area contributed by atoms with E-state index in [-0.39, 0.29) is 18.4 Å². The molecule has 100 valence electrons. The van der Waals surface area contributed by atoms with E-state index in [1.54, 1.807) is 6.07 Å². The number of anilines is 2. The highest BCUT2D eigenvalue weighted by atomic mass is 16.5. The van der Waals surface area contributed by atoms with E-state index in [0.29, 0.717) is 18.8 Å².